The monoisotopic (exact) mass is 326 g/mol. The van der Waals surface area contributed by atoms with E-state index in [0.29, 0.717) is 0 Å². The summed E-state index contributed by atoms with van der Waals surface area (Å²) < 4.78 is 34.0. The van der Waals surface area contributed by atoms with E-state index in [1.165, 1.54) is 31.4 Å². The Kier molecular flexibility index (Phi) is 4.50. The van der Waals surface area contributed by atoms with Crippen LogP contribution in [0.4, 0.5) is 0 Å². The number of rotatable bonds is 4. The van der Waals surface area contributed by atoms with Gasteiger partial charge in [0.2, 0.25) is 0 Å². The van der Waals surface area contributed by atoms with Crippen LogP contribution in [0.3, 0.4) is 0 Å². The van der Waals surface area contributed by atoms with Crippen LogP contribution >= 0.6 is 11.6 Å². The fourth-order valence-corrected chi connectivity index (χ4v) is 3.02. The second-order valence-corrected chi connectivity index (χ2v) is 5.91. The fraction of sp³-hybridized carbons (Fsp3) is 0.0714. The molecule has 2 aromatic carbocycles. The fourth-order valence-electron chi connectivity index (χ4n) is 1.59. The second kappa shape index (κ2) is 6.15. The standard InChI is InChI=1S/C14H11ClO5S/c1-19-14(16)10-7-8-12(15)13(9-10)21(17,18)20-11-5-3-2-4-6-11/h2-9H,1H3. The van der Waals surface area contributed by atoms with E-state index in [2.05, 4.69) is 4.74 Å². The molecule has 2 aromatic rings. The van der Waals surface area contributed by atoms with Gasteiger partial charge in [-0.05, 0) is 30.3 Å². The first-order chi connectivity index (χ1) is 9.94. The molecular formula is C14H11ClO5S. The summed E-state index contributed by atoms with van der Waals surface area (Å²) in [6.07, 6.45) is 0. The Bertz CT molecular complexity index is 756. The van der Waals surface area contributed by atoms with Gasteiger partial charge in [0.05, 0.1) is 17.7 Å². The zero-order chi connectivity index (χ0) is 15.5. The van der Waals surface area contributed by atoms with E-state index >= 15 is 0 Å². The average Bonchev–Trinajstić information content (AvgIpc) is 2.47. The molecule has 0 aliphatic heterocycles. The van der Waals surface area contributed by atoms with Crippen LogP contribution in [-0.2, 0) is 14.9 Å². The maximum atomic E-state index is 12.2. The Balaban J connectivity index is 2.42. The number of hydrogen-bond acceptors (Lipinski definition) is 5. The first kappa shape index (κ1) is 15.3. The summed E-state index contributed by atoms with van der Waals surface area (Å²) in [5.41, 5.74) is 0.0668. The summed E-state index contributed by atoms with van der Waals surface area (Å²) in [4.78, 5) is 11.2. The lowest BCUT2D eigenvalue weighted by atomic mass is 10.2. The number of para-hydroxylation sites is 1. The van der Waals surface area contributed by atoms with Crippen LogP contribution in [0.5, 0.6) is 5.75 Å². The van der Waals surface area contributed by atoms with E-state index in [-0.39, 0.29) is 21.2 Å². The van der Waals surface area contributed by atoms with Crippen molar-refractivity contribution in [2.45, 2.75) is 4.90 Å². The number of esters is 1. The van der Waals surface area contributed by atoms with E-state index in [9.17, 15) is 13.2 Å². The summed E-state index contributed by atoms with van der Waals surface area (Å²) in [6.45, 7) is 0. The second-order valence-electron chi connectivity index (χ2n) is 3.99. The number of carbonyl (C=O) groups excluding carboxylic acids is 1. The van der Waals surface area contributed by atoms with E-state index < -0.39 is 16.1 Å². The SMILES string of the molecule is COC(=O)c1ccc(Cl)c(S(=O)(=O)Oc2ccccc2)c1. The lowest BCUT2D eigenvalue weighted by Gasteiger charge is -2.09. The highest BCUT2D eigenvalue weighted by atomic mass is 35.5. The summed E-state index contributed by atoms with van der Waals surface area (Å²) in [5.74, 6) is -0.514. The molecule has 7 heteroatoms. The Morgan fingerprint density at radius 2 is 1.76 bits per heavy atom. The van der Waals surface area contributed by atoms with Crippen molar-refractivity contribution in [3.05, 3.63) is 59.1 Å². The molecule has 0 unspecified atom stereocenters. The zero-order valence-electron chi connectivity index (χ0n) is 10.9. The molecular weight excluding hydrogens is 316 g/mol. The highest BCUT2D eigenvalue weighted by Gasteiger charge is 2.22. The molecule has 0 atom stereocenters. The van der Waals surface area contributed by atoms with E-state index in [0.717, 1.165) is 6.07 Å². The molecule has 0 N–H and O–H groups in total. The largest absolute Gasteiger partial charge is 0.465 e. The Morgan fingerprint density at radius 3 is 2.38 bits per heavy atom. The summed E-state index contributed by atoms with van der Waals surface area (Å²) in [7, 11) is -2.95. The van der Waals surface area contributed by atoms with Crippen LogP contribution in [0.2, 0.25) is 5.02 Å². The molecule has 110 valence electrons. The van der Waals surface area contributed by atoms with Gasteiger partial charge in [-0.3, -0.25) is 0 Å². The third-order valence-corrected chi connectivity index (χ3v) is 4.30. The number of methoxy groups -OCH3 is 1. The van der Waals surface area contributed by atoms with Crippen molar-refractivity contribution in [3.8, 4) is 5.75 Å². The van der Waals surface area contributed by atoms with Crippen molar-refractivity contribution < 1.29 is 22.1 Å². The average molecular weight is 327 g/mol. The van der Waals surface area contributed by atoms with Gasteiger partial charge >= 0.3 is 16.1 Å². The highest BCUT2D eigenvalue weighted by molar-refractivity contribution is 7.87. The third kappa shape index (κ3) is 3.53. The van der Waals surface area contributed by atoms with Crippen LogP contribution < -0.4 is 4.18 Å². The molecule has 21 heavy (non-hydrogen) atoms. The van der Waals surface area contributed by atoms with Crippen LogP contribution in [0.25, 0.3) is 0 Å². The first-order valence-electron chi connectivity index (χ1n) is 5.81. The molecule has 0 fully saturated rings. The number of carbonyl (C=O) groups is 1. The zero-order valence-corrected chi connectivity index (χ0v) is 12.5. The normalized spacial score (nSPS) is 11.0. The summed E-state index contributed by atoms with van der Waals surface area (Å²) in [6, 6.07) is 11.8. The van der Waals surface area contributed by atoms with Crippen LogP contribution in [0.1, 0.15) is 10.4 Å². The minimum absolute atomic E-state index is 0.0430. The maximum absolute atomic E-state index is 12.2. The number of hydrogen-bond donors (Lipinski definition) is 0. The highest BCUT2D eigenvalue weighted by Crippen LogP contribution is 2.26. The van der Waals surface area contributed by atoms with E-state index in [1.54, 1.807) is 18.2 Å². The quantitative estimate of drug-likeness (QED) is 0.638. The first-order valence-corrected chi connectivity index (χ1v) is 7.60. The number of ether oxygens (including phenoxy) is 1. The predicted molar refractivity (Wildman–Crippen MR) is 77.0 cm³/mol. The van der Waals surface area contributed by atoms with Gasteiger partial charge in [0, 0.05) is 0 Å². The van der Waals surface area contributed by atoms with E-state index in [4.69, 9.17) is 15.8 Å². The number of halogens is 1. The summed E-state index contributed by atoms with van der Waals surface area (Å²) >= 11 is 5.88. The van der Waals surface area contributed by atoms with Crippen molar-refractivity contribution in [2.75, 3.05) is 7.11 Å². The summed E-state index contributed by atoms with van der Waals surface area (Å²) in [5, 5.41) is -0.0430. The molecule has 0 heterocycles. The van der Waals surface area contributed by atoms with Crippen molar-refractivity contribution in [2.24, 2.45) is 0 Å². The lowest BCUT2D eigenvalue weighted by Crippen LogP contribution is -2.12. The smallest absolute Gasteiger partial charge is 0.340 e. The van der Waals surface area contributed by atoms with Gasteiger partial charge in [-0.1, -0.05) is 29.8 Å². The van der Waals surface area contributed by atoms with Gasteiger partial charge in [-0.15, -0.1) is 0 Å². The maximum Gasteiger partial charge on any atom is 0.340 e. The molecule has 0 aliphatic rings. The molecule has 2 rings (SSSR count). The molecule has 0 amide bonds. The molecule has 0 aliphatic carbocycles. The molecule has 0 radical (unpaired) electrons. The Hall–Kier alpha value is -2.05. The lowest BCUT2D eigenvalue weighted by molar-refractivity contribution is 0.0600. The Morgan fingerprint density at radius 1 is 1.10 bits per heavy atom. The van der Waals surface area contributed by atoms with Crippen LogP contribution in [0.15, 0.2) is 53.4 Å². The van der Waals surface area contributed by atoms with Gasteiger partial charge in [-0.25, -0.2) is 4.79 Å². The minimum atomic E-state index is -4.15. The topological polar surface area (TPSA) is 69.7 Å². The van der Waals surface area contributed by atoms with Gasteiger partial charge in [-0.2, -0.15) is 8.42 Å². The molecule has 0 spiro atoms. The van der Waals surface area contributed by atoms with Crippen molar-refractivity contribution in [1.82, 2.24) is 0 Å². The van der Waals surface area contributed by atoms with E-state index in [1.807, 2.05) is 0 Å². The van der Waals surface area contributed by atoms with Gasteiger partial charge < -0.3 is 8.92 Å². The van der Waals surface area contributed by atoms with Crippen LogP contribution in [0, 0.1) is 0 Å². The van der Waals surface area contributed by atoms with Crippen molar-refractivity contribution in [3.63, 3.8) is 0 Å². The number of benzene rings is 2. The van der Waals surface area contributed by atoms with Crippen molar-refractivity contribution in [1.29, 1.82) is 0 Å². The minimum Gasteiger partial charge on any atom is -0.465 e. The molecule has 0 aromatic heterocycles. The predicted octanol–water partition coefficient (Wildman–Crippen LogP) is 2.89. The van der Waals surface area contributed by atoms with Crippen molar-refractivity contribution >= 4 is 27.7 Å². The third-order valence-electron chi connectivity index (χ3n) is 2.57. The van der Waals surface area contributed by atoms with Gasteiger partial charge in [0.1, 0.15) is 10.6 Å². The molecule has 5 nitrogen and oxygen atoms in total. The molecule has 0 bridgehead atoms. The Labute approximate surface area is 127 Å². The van der Waals surface area contributed by atoms with Crippen LogP contribution in [-0.4, -0.2) is 21.5 Å². The van der Waals surface area contributed by atoms with Gasteiger partial charge in [0.15, 0.2) is 0 Å². The van der Waals surface area contributed by atoms with Gasteiger partial charge in [0.25, 0.3) is 0 Å². The molecule has 0 saturated carbocycles. The molecule has 0 saturated heterocycles.